The van der Waals surface area contributed by atoms with E-state index < -0.39 is 88.6 Å². The lowest BCUT2D eigenvalue weighted by Crippen LogP contribution is -2.35. The largest absolute Gasteiger partial charge is 0.390 e. The fraction of sp³-hybridized carbons (Fsp3) is 0.882. The molecule has 0 radical (unpaired) electrons. The van der Waals surface area contributed by atoms with Crippen molar-refractivity contribution in [2.75, 3.05) is 33.0 Å². The molecule has 3 saturated heterocycles. The molecule has 14 atom stereocenters. The van der Waals surface area contributed by atoms with Crippen molar-refractivity contribution in [3.8, 4) is 12.1 Å². The van der Waals surface area contributed by atoms with Crippen molar-refractivity contribution >= 4 is 27.1 Å². The Morgan fingerprint density at radius 1 is 1.00 bits per heavy atom. The molecule has 0 aromatic carbocycles. The van der Waals surface area contributed by atoms with Crippen molar-refractivity contribution in [3.63, 3.8) is 0 Å². The van der Waals surface area contributed by atoms with Gasteiger partial charge in [-0.05, 0) is 48.3 Å². The number of allylic oxidation sites excluding steroid dienone is 1. The SMILES string of the molecule is C.[3H]C1CC(O)C(COP(OC2CC([3H])OC2COP(=S)(OC2CC([3H])OC2CC)OC(CC#N)C(C)(C)C)OC(CC#N)C(C)(CC)CC=C)O1. The van der Waals surface area contributed by atoms with Crippen LogP contribution in [0.15, 0.2) is 12.7 Å². The van der Waals surface area contributed by atoms with Crippen molar-refractivity contribution < 1.29 is 50.6 Å². The predicted octanol–water partition coefficient (Wildman–Crippen LogP) is 7.65. The first kappa shape index (κ1) is 39.6. The Bertz CT molecular complexity index is 1250. The summed E-state index contributed by atoms with van der Waals surface area (Å²) in [6.45, 7) is 9.03. The third-order valence-electron chi connectivity index (χ3n) is 8.88. The van der Waals surface area contributed by atoms with E-state index in [2.05, 4.69) is 18.7 Å². The number of aliphatic hydroxyl groups excluding tert-OH is 1. The molecular weight excluding hydrogens is 690 g/mol. The number of nitrogens with zero attached hydrogens (tertiary/aromatic N) is 2. The van der Waals surface area contributed by atoms with Crippen molar-refractivity contribution in [2.45, 2.75) is 149 Å². The molecule has 0 aromatic heterocycles. The van der Waals surface area contributed by atoms with Gasteiger partial charge in [-0.15, -0.1) is 6.58 Å². The van der Waals surface area contributed by atoms with Crippen molar-refractivity contribution in [3.05, 3.63) is 12.7 Å². The van der Waals surface area contributed by atoms with E-state index in [1.807, 2.05) is 41.5 Å². The zero-order valence-electron chi connectivity index (χ0n) is 32.0. The summed E-state index contributed by atoms with van der Waals surface area (Å²) in [6, 6.07) is 4.36. The van der Waals surface area contributed by atoms with Gasteiger partial charge >= 0.3 is 15.3 Å². The molecule has 3 aliphatic rings. The second-order valence-electron chi connectivity index (χ2n) is 13.5. The topological polar surface area (TPSA) is 151 Å². The Hall–Kier alpha value is -0.600. The van der Waals surface area contributed by atoms with E-state index in [0.717, 1.165) is 0 Å². The summed E-state index contributed by atoms with van der Waals surface area (Å²) < 4.78 is 79.6. The van der Waals surface area contributed by atoms with E-state index in [0.29, 0.717) is 19.3 Å². The third-order valence-corrected chi connectivity index (χ3v) is 12.4. The van der Waals surface area contributed by atoms with Gasteiger partial charge in [0.15, 0.2) is 0 Å². The summed E-state index contributed by atoms with van der Waals surface area (Å²) in [6.07, 6.45) is -1.21. The number of rotatable bonds is 21. The van der Waals surface area contributed by atoms with Crippen LogP contribution in [0.1, 0.15) is 104 Å². The maximum absolute atomic E-state index is 10.4. The van der Waals surface area contributed by atoms with Crippen LogP contribution in [-0.2, 0) is 53.2 Å². The molecule has 3 aliphatic heterocycles. The van der Waals surface area contributed by atoms with Gasteiger partial charge in [0.2, 0.25) is 0 Å². The van der Waals surface area contributed by atoms with E-state index in [-0.39, 0.29) is 58.8 Å². The normalized spacial score (nSPS) is 35.3. The highest BCUT2D eigenvalue weighted by molar-refractivity contribution is 8.07. The molecule has 0 spiro atoms. The molecule has 15 heteroatoms. The number of aliphatic hydroxyl groups is 1. The van der Waals surface area contributed by atoms with Crippen LogP contribution in [0.4, 0.5) is 0 Å². The maximum atomic E-state index is 10.4. The van der Waals surface area contributed by atoms with Crippen LogP contribution >= 0.6 is 15.3 Å². The van der Waals surface area contributed by atoms with E-state index in [4.69, 9.17) is 57.3 Å². The Kier molecular flexibility index (Phi) is 17.1. The quantitative estimate of drug-likeness (QED) is 0.0903. The highest BCUT2D eigenvalue weighted by Crippen LogP contribution is 2.56. The lowest BCUT2D eigenvalue weighted by Gasteiger charge is -2.37. The van der Waals surface area contributed by atoms with Crippen LogP contribution in [0.3, 0.4) is 0 Å². The van der Waals surface area contributed by atoms with Crippen LogP contribution in [-0.4, -0.2) is 86.9 Å². The smallest absolute Gasteiger partial charge is 0.333 e. The summed E-state index contributed by atoms with van der Waals surface area (Å²) in [4.78, 5) is 0. The van der Waals surface area contributed by atoms with Gasteiger partial charge in [0, 0.05) is 32.6 Å². The molecule has 0 amide bonds. The molecule has 0 bridgehead atoms. The number of hydrogen-bond donors (Lipinski definition) is 1. The molecule has 3 rings (SSSR count). The van der Waals surface area contributed by atoms with Gasteiger partial charge < -0.3 is 46.5 Å². The van der Waals surface area contributed by atoms with Gasteiger partial charge in [0.1, 0.15) is 12.2 Å². The number of ether oxygens (including phenoxy) is 3. The molecule has 282 valence electrons. The van der Waals surface area contributed by atoms with Crippen LogP contribution in [0.25, 0.3) is 0 Å². The minimum Gasteiger partial charge on any atom is -0.390 e. The fourth-order valence-corrected chi connectivity index (χ4v) is 9.35. The first-order valence-corrected chi connectivity index (χ1v) is 20.3. The minimum absolute atomic E-state index is 0. The van der Waals surface area contributed by atoms with E-state index in [1.165, 1.54) is 0 Å². The van der Waals surface area contributed by atoms with Gasteiger partial charge in [-0.25, -0.2) is 0 Å². The van der Waals surface area contributed by atoms with Crippen molar-refractivity contribution in [2.24, 2.45) is 10.8 Å². The molecule has 1 N–H and O–H groups in total. The Morgan fingerprint density at radius 2 is 1.61 bits per heavy atom. The van der Waals surface area contributed by atoms with Crippen LogP contribution in [0, 0.1) is 33.5 Å². The molecule has 3 heterocycles. The standard InChI is InChI=1S/C33H56N2O10P2S.CH4/c1-8-16-33(7,10-3)31(12-18-35)43-46(40-22-28-24(36)13-19-38-28)42-26-14-20-39-29(26)23-41-47(48,44-27-15-21-37-25(27)9-2)45-30(11-17-34)32(4,5)6;/h8,24-31,36H,1,9-16,19-23H2,2-7H3;1H4/i19T,20T,21T;. The van der Waals surface area contributed by atoms with Crippen LogP contribution in [0.5, 0.6) is 0 Å². The summed E-state index contributed by atoms with van der Waals surface area (Å²) in [5.41, 5.74) is -0.957. The minimum atomic E-state index is -3.61. The molecule has 0 aromatic rings. The first-order valence-electron chi connectivity index (χ1n) is 18.4. The average Bonchev–Trinajstić information content (AvgIpc) is 3.71. The van der Waals surface area contributed by atoms with Gasteiger partial charge in [-0.1, -0.05) is 55.0 Å². The van der Waals surface area contributed by atoms with Crippen molar-refractivity contribution in [1.82, 2.24) is 0 Å². The summed E-state index contributed by atoms with van der Waals surface area (Å²) in [5.74, 6) is 0. The lowest BCUT2D eigenvalue weighted by atomic mass is 9.77. The van der Waals surface area contributed by atoms with Gasteiger partial charge in [0.25, 0.3) is 0 Å². The second kappa shape index (κ2) is 21.2. The zero-order valence-corrected chi connectivity index (χ0v) is 31.6. The zero-order chi connectivity index (χ0) is 38.0. The molecule has 0 saturated carbocycles. The number of nitriles is 2. The van der Waals surface area contributed by atoms with E-state index in [1.54, 1.807) is 6.08 Å². The first-order chi connectivity index (χ1) is 24.0. The Balaban J connectivity index is 0.00000936. The molecule has 0 aliphatic carbocycles. The highest BCUT2D eigenvalue weighted by Gasteiger charge is 2.43. The second-order valence-corrected chi connectivity index (χ2v) is 17.6. The monoisotopic (exact) mass is 756 g/mol. The van der Waals surface area contributed by atoms with Crippen LogP contribution < -0.4 is 0 Å². The van der Waals surface area contributed by atoms with E-state index in [9.17, 15) is 15.6 Å². The molecule has 3 fully saturated rings. The Morgan fingerprint density at radius 3 is 2.18 bits per heavy atom. The van der Waals surface area contributed by atoms with Gasteiger partial charge in [-0.2, -0.15) is 10.5 Å². The summed E-state index contributed by atoms with van der Waals surface area (Å²) >= 11 is 5.95. The fourth-order valence-electron chi connectivity index (χ4n) is 5.34. The molecular formula is C34H60N2O10P2S. The van der Waals surface area contributed by atoms with Gasteiger partial charge in [-0.3, -0.25) is 0 Å². The molecule has 12 nitrogen and oxygen atoms in total. The Labute approximate surface area is 305 Å². The lowest BCUT2D eigenvalue weighted by molar-refractivity contribution is -0.0331. The average molecular weight is 757 g/mol. The highest BCUT2D eigenvalue weighted by atomic mass is 32.5. The number of hydrogen-bond acceptors (Lipinski definition) is 13. The summed E-state index contributed by atoms with van der Waals surface area (Å²) in [7, 11) is -2.21. The predicted molar refractivity (Wildman–Crippen MR) is 192 cm³/mol. The van der Waals surface area contributed by atoms with Crippen molar-refractivity contribution in [1.29, 1.82) is 10.5 Å². The van der Waals surface area contributed by atoms with Gasteiger partial charge in [0.05, 0.1) is 78.9 Å². The van der Waals surface area contributed by atoms with E-state index >= 15 is 0 Å². The maximum Gasteiger partial charge on any atom is 0.333 e. The third kappa shape index (κ3) is 13.4. The summed E-state index contributed by atoms with van der Waals surface area (Å²) in [5, 5.41) is 29.7. The molecule has 49 heavy (non-hydrogen) atoms. The molecule has 14 unspecified atom stereocenters. The van der Waals surface area contributed by atoms with Crippen LogP contribution in [0.2, 0.25) is 0 Å².